The molecule has 1 amide bonds. The number of piperazine rings is 1. The van der Waals surface area contributed by atoms with E-state index in [0.29, 0.717) is 11.4 Å². The third-order valence-electron chi connectivity index (χ3n) is 4.10. The van der Waals surface area contributed by atoms with E-state index in [4.69, 9.17) is 0 Å². The van der Waals surface area contributed by atoms with Crippen LogP contribution in [0.4, 0.5) is 11.5 Å². The molecule has 1 N–H and O–H groups in total. The van der Waals surface area contributed by atoms with E-state index in [2.05, 4.69) is 32.0 Å². The average molecular weight is 311 g/mol. The van der Waals surface area contributed by atoms with Crippen LogP contribution in [0.2, 0.25) is 0 Å². The molecule has 6 heteroatoms. The van der Waals surface area contributed by atoms with Gasteiger partial charge in [0, 0.05) is 38.6 Å². The maximum atomic E-state index is 12.1. The van der Waals surface area contributed by atoms with Crippen LogP contribution >= 0.6 is 0 Å². The second-order valence-electron chi connectivity index (χ2n) is 5.52. The van der Waals surface area contributed by atoms with E-state index in [1.807, 2.05) is 18.3 Å². The van der Waals surface area contributed by atoms with Crippen molar-refractivity contribution < 1.29 is 4.79 Å². The zero-order chi connectivity index (χ0) is 16.1. The fourth-order valence-electron chi connectivity index (χ4n) is 2.65. The number of nitrogens with one attached hydrogen (secondary N) is 1. The van der Waals surface area contributed by atoms with Crippen LogP contribution in [0, 0.1) is 0 Å². The minimum Gasteiger partial charge on any atom is -0.368 e. The summed E-state index contributed by atoms with van der Waals surface area (Å²) in [5, 5.41) is 2.79. The molecule has 0 unspecified atom stereocenters. The van der Waals surface area contributed by atoms with Gasteiger partial charge in [0.15, 0.2) is 0 Å². The minimum atomic E-state index is -0.199. The highest BCUT2D eigenvalue weighted by atomic mass is 16.1. The van der Waals surface area contributed by atoms with Crippen molar-refractivity contribution in [1.29, 1.82) is 0 Å². The first-order chi connectivity index (χ1) is 11.3. The van der Waals surface area contributed by atoms with Crippen molar-refractivity contribution in [2.24, 2.45) is 0 Å². The summed E-state index contributed by atoms with van der Waals surface area (Å²) < 4.78 is 0. The minimum absolute atomic E-state index is 0.199. The van der Waals surface area contributed by atoms with Crippen LogP contribution in [0.25, 0.3) is 0 Å². The Bertz CT molecular complexity index is 636. The molecular formula is C17H21N5O. The Morgan fingerprint density at radius 3 is 2.61 bits per heavy atom. The lowest BCUT2D eigenvalue weighted by molar-refractivity contribution is 0.102. The molecule has 6 nitrogen and oxygen atoms in total. The van der Waals surface area contributed by atoms with Crippen molar-refractivity contribution in [1.82, 2.24) is 14.9 Å². The van der Waals surface area contributed by atoms with Crippen LogP contribution < -0.4 is 10.2 Å². The predicted molar refractivity (Wildman–Crippen MR) is 90.8 cm³/mol. The molecule has 0 bridgehead atoms. The van der Waals surface area contributed by atoms with Gasteiger partial charge in [-0.15, -0.1) is 0 Å². The Morgan fingerprint density at radius 2 is 2.00 bits per heavy atom. The highest BCUT2D eigenvalue weighted by molar-refractivity contribution is 6.03. The van der Waals surface area contributed by atoms with Gasteiger partial charge in [-0.25, -0.2) is 4.98 Å². The number of carbonyl (C=O) groups is 1. The Balaban J connectivity index is 1.60. The standard InChI is InChI=1S/C17H21N5O/c1-2-21-8-10-22(11-9-21)15-5-6-16(19-13-15)20-17(23)14-4-3-7-18-12-14/h3-7,12-13H,2,8-11H2,1H3,(H,19,20,23). The molecule has 3 rings (SSSR count). The molecule has 3 heterocycles. The van der Waals surface area contributed by atoms with Crippen molar-refractivity contribution in [3.63, 3.8) is 0 Å². The van der Waals surface area contributed by atoms with Crippen LogP contribution in [0.3, 0.4) is 0 Å². The van der Waals surface area contributed by atoms with Gasteiger partial charge in [-0.1, -0.05) is 6.92 Å². The van der Waals surface area contributed by atoms with Crippen molar-refractivity contribution in [3.05, 3.63) is 48.4 Å². The number of nitrogens with zero attached hydrogens (tertiary/aromatic N) is 4. The second kappa shape index (κ2) is 7.19. The third-order valence-corrected chi connectivity index (χ3v) is 4.10. The van der Waals surface area contributed by atoms with Gasteiger partial charge in [0.25, 0.3) is 5.91 Å². The molecule has 0 aromatic carbocycles. The molecule has 1 fully saturated rings. The number of aromatic nitrogens is 2. The topological polar surface area (TPSA) is 61.4 Å². The second-order valence-corrected chi connectivity index (χ2v) is 5.52. The number of hydrogen-bond donors (Lipinski definition) is 1. The Kier molecular flexibility index (Phi) is 4.83. The van der Waals surface area contributed by atoms with Gasteiger partial charge in [0.2, 0.25) is 0 Å². The average Bonchev–Trinajstić information content (AvgIpc) is 2.63. The van der Waals surface area contributed by atoms with Crippen molar-refractivity contribution in [2.75, 3.05) is 42.9 Å². The quantitative estimate of drug-likeness (QED) is 0.934. The summed E-state index contributed by atoms with van der Waals surface area (Å²) in [6.07, 6.45) is 5.00. The summed E-state index contributed by atoms with van der Waals surface area (Å²) in [4.78, 5) is 25.1. The van der Waals surface area contributed by atoms with Gasteiger partial charge in [-0.3, -0.25) is 9.78 Å². The van der Waals surface area contributed by atoms with Gasteiger partial charge in [-0.05, 0) is 30.8 Å². The van der Waals surface area contributed by atoms with Gasteiger partial charge in [-0.2, -0.15) is 0 Å². The fourth-order valence-corrected chi connectivity index (χ4v) is 2.65. The van der Waals surface area contributed by atoms with Crippen LogP contribution in [0.5, 0.6) is 0 Å². The van der Waals surface area contributed by atoms with E-state index >= 15 is 0 Å². The molecule has 2 aromatic rings. The summed E-state index contributed by atoms with van der Waals surface area (Å²) in [5.41, 5.74) is 1.62. The molecule has 1 saturated heterocycles. The molecule has 2 aromatic heterocycles. The number of amides is 1. The molecule has 0 radical (unpaired) electrons. The highest BCUT2D eigenvalue weighted by Crippen LogP contribution is 2.17. The van der Waals surface area contributed by atoms with Crippen LogP contribution in [-0.2, 0) is 0 Å². The fraction of sp³-hybridized carbons (Fsp3) is 0.353. The molecule has 0 saturated carbocycles. The predicted octanol–water partition coefficient (Wildman–Crippen LogP) is 1.87. The van der Waals surface area contributed by atoms with Gasteiger partial charge < -0.3 is 15.1 Å². The molecular weight excluding hydrogens is 290 g/mol. The third kappa shape index (κ3) is 3.84. The first kappa shape index (κ1) is 15.4. The number of anilines is 2. The van der Waals surface area contributed by atoms with E-state index in [1.54, 1.807) is 18.3 Å². The Morgan fingerprint density at radius 1 is 1.17 bits per heavy atom. The molecule has 1 aliphatic heterocycles. The highest BCUT2D eigenvalue weighted by Gasteiger charge is 2.16. The van der Waals surface area contributed by atoms with Gasteiger partial charge in [0.05, 0.1) is 17.4 Å². The maximum Gasteiger partial charge on any atom is 0.258 e. The number of rotatable bonds is 4. The number of pyridine rings is 2. The van der Waals surface area contributed by atoms with E-state index < -0.39 is 0 Å². The van der Waals surface area contributed by atoms with E-state index in [-0.39, 0.29) is 5.91 Å². The smallest absolute Gasteiger partial charge is 0.258 e. The normalized spacial score (nSPS) is 15.4. The summed E-state index contributed by atoms with van der Waals surface area (Å²) in [6.45, 7) is 7.47. The van der Waals surface area contributed by atoms with Crippen molar-refractivity contribution >= 4 is 17.4 Å². The number of hydrogen-bond acceptors (Lipinski definition) is 5. The Labute approximate surface area is 136 Å². The number of carbonyl (C=O) groups excluding carboxylic acids is 1. The van der Waals surface area contributed by atoms with E-state index in [9.17, 15) is 4.79 Å². The molecule has 0 aliphatic carbocycles. The van der Waals surface area contributed by atoms with Crippen molar-refractivity contribution in [2.45, 2.75) is 6.92 Å². The first-order valence-electron chi connectivity index (χ1n) is 7.91. The monoisotopic (exact) mass is 311 g/mol. The van der Waals surface area contributed by atoms with Gasteiger partial charge in [0.1, 0.15) is 5.82 Å². The molecule has 0 spiro atoms. The molecule has 23 heavy (non-hydrogen) atoms. The van der Waals surface area contributed by atoms with Crippen LogP contribution in [0.1, 0.15) is 17.3 Å². The van der Waals surface area contributed by atoms with E-state index in [1.165, 1.54) is 6.20 Å². The SMILES string of the molecule is CCN1CCN(c2ccc(NC(=O)c3cccnc3)nc2)CC1. The summed E-state index contributed by atoms with van der Waals surface area (Å²) in [5.74, 6) is 0.352. The summed E-state index contributed by atoms with van der Waals surface area (Å²) in [6, 6.07) is 7.31. The lowest BCUT2D eigenvalue weighted by Crippen LogP contribution is -2.46. The number of likely N-dealkylation sites (N-methyl/N-ethyl adjacent to an activating group) is 1. The van der Waals surface area contributed by atoms with Crippen LogP contribution in [0.15, 0.2) is 42.9 Å². The summed E-state index contributed by atoms with van der Waals surface area (Å²) >= 11 is 0. The van der Waals surface area contributed by atoms with Gasteiger partial charge >= 0.3 is 0 Å². The largest absolute Gasteiger partial charge is 0.368 e. The lowest BCUT2D eigenvalue weighted by Gasteiger charge is -2.35. The first-order valence-corrected chi connectivity index (χ1v) is 7.91. The van der Waals surface area contributed by atoms with Crippen LogP contribution in [-0.4, -0.2) is 53.5 Å². The molecule has 1 aliphatic rings. The van der Waals surface area contributed by atoms with E-state index in [0.717, 1.165) is 38.4 Å². The maximum absolute atomic E-state index is 12.1. The zero-order valence-electron chi connectivity index (χ0n) is 13.3. The lowest BCUT2D eigenvalue weighted by atomic mass is 10.2. The zero-order valence-corrected chi connectivity index (χ0v) is 13.3. The van der Waals surface area contributed by atoms with Crippen molar-refractivity contribution in [3.8, 4) is 0 Å². The Hall–Kier alpha value is -2.47. The summed E-state index contributed by atoms with van der Waals surface area (Å²) in [7, 11) is 0. The molecule has 0 atom stereocenters. The molecule has 120 valence electrons.